The van der Waals surface area contributed by atoms with E-state index in [4.69, 9.17) is 0 Å². The number of nitrogens with zero attached hydrogens (tertiary/aromatic N) is 1. The second kappa shape index (κ2) is 6.38. The number of halogens is 2. The fourth-order valence-electron chi connectivity index (χ4n) is 1.93. The van der Waals surface area contributed by atoms with E-state index in [1.165, 1.54) is 18.2 Å². The SMILES string of the molecule is CCCNC(c1ccc(F)cc1)c1ncccc1F. The Bertz CT molecular complexity index is 526. The molecule has 0 aliphatic heterocycles. The lowest BCUT2D eigenvalue weighted by atomic mass is 10.0. The minimum absolute atomic E-state index is 0.306. The molecule has 1 aromatic heterocycles. The van der Waals surface area contributed by atoms with Crippen molar-refractivity contribution < 1.29 is 8.78 Å². The topological polar surface area (TPSA) is 24.9 Å². The van der Waals surface area contributed by atoms with E-state index in [2.05, 4.69) is 10.3 Å². The summed E-state index contributed by atoms with van der Waals surface area (Å²) in [6.45, 7) is 2.77. The number of nitrogens with one attached hydrogen (secondary N) is 1. The van der Waals surface area contributed by atoms with Crippen molar-refractivity contribution >= 4 is 0 Å². The van der Waals surface area contributed by atoms with Gasteiger partial charge in [0.2, 0.25) is 0 Å². The van der Waals surface area contributed by atoms with Crippen LogP contribution in [0.25, 0.3) is 0 Å². The summed E-state index contributed by atoms with van der Waals surface area (Å²) in [5.74, 6) is -0.667. The second-order valence-electron chi connectivity index (χ2n) is 4.31. The molecule has 0 saturated heterocycles. The fraction of sp³-hybridized carbons (Fsp3) is 0.267. The maximum absolute atomic E-state index is 13.9. The van der Waals surface area contributed by atoms with Crippen LogP contribution >= 0.6 is 0 Å². The first-order valence-corrected chi connectivity index (χ1v) is 6.31. The zero-order chi connectivity index (χ0) is 13.7. The standard InChI is InChI=1S/C15H16F2N2/c1-2-9-18-14(11-5-7-12(16)8-6-11)15-13(17)4-3-10-19-15/h3-8,10,14,18H,2,9H2,1H3. The van der Waals surface area contributed by atoms with E-state index in [-0.39, 0.29) is 17.7 Å². The van der Waals surface area contributed by atoms with Gasteiger partial charge in [0.1, 0.15) is 11.6 Å². The minimum Gasteiger partial charge on any atom is -0.305 e. The molecule has 2 rings (SSSR count). The van der Waals surface area contributed by atoms with Crippen LogP contribution < -0.4 is 5.32 Å². The predicted molar refractivity (Wildman–Crippen MR) is 70.7 cm³/mol. The first-order chi connectivity index (χ1) is 9.22. The molecule has 0 fully saturated rings. The highest BCUT2D eigenvalue weighted by molar-refractivity contribution is 5.28. The van der Waals surface area contributed by atoms with Crippen LogP contribution in [0.3, 0.4) is 0 Å². The van der Waals surface area contributed by atoms with Gasteiger partial charge < -0.3 is 5.32 Å². The number of benzene rings is 1. The summed E-state index contributed by atoms with van der Waals surface area (Å²) >= 11 is 0. The van der Waals surface area contributed by atoms with Crippen LogP contribution in [0.15, 0.2) is 42.6 Å². The molecule has 0 saturated carbocycles. The normalized spacial score (nSPS) is 12.4. The lowest BCUT2D eigenvalue weighted by Gasteiger charge is -2.19. The Labute approximate surface area is 111 Å². The van der Waals surface area contributed by atoms with Crippen LogP contribution in [0.2, 0.25) is 0 Å². The van der Waals surface area contributed by atoms with E-state index in [0.29, 0.717) is 5.69 Å². The van der Waals surface area contributed by atoms with Crippen LogP contribution in [0.4, 0.5) is 8.78 Å². The predicted octanol–water partition coefficient (Wildman–Crippen LogP) is 3.45. The van der Waals surface area contributed by atoms with Crippen LogP contribution in [0.1, 0.15) is 30.6 Å². The monoisotopic (exact) mass is 262 g/mol. The molecule has 1 heterocycles. The van der Waals surface area contributed by atoms with Gasteiger partial charge in [0.15, 0.2) is 0 Å². The number of hydrogen-bond acceptors (Lipinski definition) is 2. The summed E-state index contributed by atoms with van der Waals surface area (Å²) in [5.41, 5.74) is 1.13. The molecule has 1 N–H and O–H groups in total. The molecule has 100 valence electrons. The van der Waals surface area contributed by atoms with E-state index < -0.39 is 0 Å². The highest BCUT2D eigenvalue weighted by Crippen LogP contribution is 2.22. The van der Waals surface area contributed by atoms with E-state index in [0.717, 1.165) is 18.5 Å². The van der Waals surface area contributed by atoms with Gasteiger partial charge in [-0.1, -0.05) is 19.1 Å². The molecule has 0 radical (unpaired) electrons. The zero-order valence-corrected chi connectivity index (χ0v) is 10.7. The van der Waals surface area contributed by atoms with Crippen LogP contribution in [-0.2, 0) is 0 Å². The minimum atomic E-state index is -0.361. The maximum Gasteiger partial charge on any atom is 0.146 e. The molecule has 0 bridgehead atoms. The Kier molecular flexibility index (Phi) is 4.58. The lowest BCUT2D eigenvalue weighted by Crippen LogP contribution is -2.25. The van der Waals surface area contributed by atoms with E-state index in [1.807, 2.05) is 6.92 Å². The molecule has 1 unspecified atom stereocenters. The van der Waals surface area contributed by atoms with Gasteiger partial charge in [0.25, 0.3) is 0 Å². The highest BCUT2D eigenvalue weighted by atomic mass is 19.1. The maximum atomic E-state index is 13.9. The summed E-state index contributed by atoms with van der Waals surface area (Å²) in [6, 6.07) is 8.62. The Morgan fingerprint density at radius 1 is 1.16 bits per heavy atom. The number of pyridine rings is 1. The van der Waals surface area contributed by atoms with Crippen LogP contribution in [-0.4, -0.2) is 11.5 Å². The molecule has 2 aromatic rings. The zero-order valence-electron chi connectivity index (χ0n) is 10.7. The summed E-state index contributed by atoms with van der Waals surface area (Å²) in [5, 5.41) is 3.24. The first kappa shape index (κ1) is 13.6. The van der Waals surface area contributed by atoms with Gasteiger partial charge in [-0.15, -0.1) is 0 Å². The Hall–Kier alpha value is -1.81. The lowest BCUT2D eigenvalue weighted by molar-refractivity contribution is 0.530. The third kappa shape index (κ3) is 3.35. The molecule has 19 heavy (non-hydrogen) atoms. The van der Waals surface area contributed by atoms with Crippen molar-refractivity contribution in [1.82, 2.24) is 10.3 Å². The number of hydrogen-bond donors (Lipinski definition) is 1. The largest absolute Gasteiger partial charge is 0.305 e. The molecule has 1 atom stereocenters. The van der Waals surface area contributed by atoms with Crippen molar-refractivity contribution in [1.29, 1.82) is 0 Å². The summed E-state index contributed by atoms with van der Waals surface area (Å²) in [4.78, 5) is 4.10. The van der Waals surface area contributed by atoms with Gasteiger partial charge in [-0.25, -0.2) is 8.78 Å². The van der Waals surface area contributed by atoms with Gasteiger partial charge in [0, 0.05) is 6.20 Å². The molecule has 1 aromatic carbocycles. The van der Waals surface area contributed by atoms with Crippen molar-refractivity contribution in [2.45, 2.75) is 19.4 Å². The van der Waals surface area contributed by atoms with Gasteiger partial charge in [-0.05, 0) is 42.8 Å². The molecule has 2 nitrogen and oxygen atoms in total. The van der Waals surface area contributed by atoms with Gasteiger partial charge >= 0.3 is 0 Å². The molecular weight excluding hydrogens is 246 g/mol. The Morgan fingerprint density at radius 3 is 2.53 bits per heavy atom. The molecule has 0 amide bonds. The fourth-order valence-corrected chi connectivity index (χ4v) is 1.93. The van der Waals surface area contributed by atoms with Crippen LogP contribution in [0.5, 0.6) is 0 Å². The summed E-state index contributed by atoms with van der Waals surface area (Å²) in [6.07, 6.45) is 2.48. The third-order valence-electron chi connectivity index (χ3n) is 2.86. The quantitative estimate of drug-likeness (QED) is 0.892. The van der Waals surface area contributed by atoms with Crippen molar-refractivity contribution in [3.05, 3.63) is 65.5 Å². The first-order valence-electron chi connectivity index (χ1n) is 6.31. The van der Waals surface area contributed by atoms with Gasteiger partial charge in [0.05, 0.1) is 11.7 Å². The van der Waals surface area contributed by atoms with Crippen molar-refractivity contribution in [2.24, 2.45) is 0 Å². The van der Waals surface area contributed by atoms with Crippen molar-refractivity contribution in [3.8, 4) is 0 Å². The van der Waals surface area contributed by atoms with E-state index in [9.17, 15) is 8.78 Å². The second-order valence-corrected chi connectivity index (χ2v) is 4.31. The number of rotatable bonds is 5. The Balaban J connectivity index is 2.35. The third-order valence-corrected chi connectivity index (χ3v) is 2.86. The Morgan fingerprint density at radius 2 is 1.89 bits per heavy atom. The molecule has 0 aliphatic carbocycles. The van der Waals surface area contributed by atoms with Crippen molar-refractivity contribution in [3.63, 3.8) is 0 Å². The molecule has 0 aliphatic rings. The average Bonchev–Trinajstić information content (AvgIpc) is 2.43. The molecule has 4 heteroatoms. The van der Waals surface area contributed by atoms with Crippen LogP contribution in [0, 0.1) is 11.6 Å². The van der Waals surface area contributed by atoms with E-state index >= 15 is 0 Å². The van der Waals surface area contributed by atoms with Gasteiger partial charge in [-0.2, -0.15) is 0 Å². The molecular formula is C15H16F2N2. The number of aromatic nitrogens is 1. The van der Waals surface area contributed by atoms with Gasteiger partial charge in [-0.3, -0.25) is 4.98 Å². The van der Waals surface area contributed by atoms with E-state index in [1.54, 1.807) is 24.4 Å². The smallest absolute Gasteiger partial charge is 0.146 e. The summed E-state index contributed by atoms with van der Waals surface area (Å²) in [7, 11) is 0. The average molecular weight is 262 g/mol. The van der Waals surface area contributed by atoms with Crippen molar-refractivity contribution in [2.75, 3.05) is 6.54 Å². The summed E-state index contributed by atoms with van der Waals surface area (Å²) < 4.78 is 26.8. The highest BCUT2D eigenvalue weighted by Gasteiger charge is 2.18. The molecule has 0 spiro atoms.